The van der Waals surface area contributed by atoms with Crippen LogP contribution in [0.4, 0.5) is 0 Å². The lowest BCUT2D eigenvalue weighted by Crippen LogP contribution is -2.34. The SMILES string of the molecule is CCCCN(CC)S(=O)(=O)C1CC1. The molecule has 0 aliphatic heterocycles. The Hall–Kier alpha value is -0.0900. The lowest BCUT2D eigenvalue weighted by molar-refractivity contribution is 0.418. The Morgan fingerprint density at radius 1 is 1.31 bits per heavy atom. The number of unbranched alkanes of at least 4 members (excludes halogenated alkanes) is 1. The molecule has 3 nitrogen and oxygen atoms in total. The third kappa shape index (κ3) is 2.68. The Bertz CT molecular complexity index is 244. The Balaban J connectivity index is 2.53. The zero-order valence-electron chi connectivity index (χ0n) is 8.49. The summed E-state index contributed by atoms with van der Waals surface area (Å²) in [5.41, 5.74) is 0. The third-order valence-corrected chi connectivity index (χ3v) is 4.89. The van der Waals surface area contributed by atoms with Gasteiger partial charge < -0.3 is 0 Å². The van der Waals surface area contributed by atoms with Gasteiger partial charge in [0.25, 0.3) is 0 Å². The lowest BCUT2D eigenvalue weighted by atomic mass is 10.3. The van der Waals surface area contributed by atoms with Crippen LogP contribution in [-0.2, 0) is 10.0 Å². The topological polar surface area (TPSA) is 37.4 Å². The monoisotopic (exact) mass is 205 g/mol. The average molecular weight is 205 g/mol. The molecule has 0 unspecified atom stereocenters. The first-order valence-corrected chi connectivity index (χ1v) is 6.62. The molecule has 1 fully saturated rings. The first-order valence-electron chi connectivity index (χ1n) is 5.11. The molecule has 0 spiro atoms. The Morgan fingerprint density at radius 2 is 1.92 bits per heavy atom. The lowest BCUT2D eigenvalue weighted by Gasteiger charge is -2.19. The van der Waals surface area contributed by atoms with Crippen LogP contribution in [0.1, 0.15) is 39.5 Å². The summed E-state index contributed by atoms with van der Waals surface area (Å²) in [6.45, 7) is 5.32. The van der Waals surface area contributed by atoms with Gasteiger partial charge in [0.1, 0.15) is 0 Å². The van der Waals surface area contributed by atoms with Gasteiger partial charge in [0.15, 0.2) is 0 Å². The number of hydrogen-bond acceptors (Lipinski definition) is 2. The van der Waals surface area contributed by atoms with E-state index in [2.05, 4.69) is 6.92 Å². The van der Waals surface area contributed by atoms with Gasteiger partial charge in [0, 0.05) is 13.1 Å². The smallest absolute Gasteiger partial charge is 0.212 e. The number of nitrogens with zero attached hydrogens (tertiary/aromatic N) is 1. The Kier molecular flexibility index (Phi) is 3.74. The number of hydrogen-bond donors (Lipinski definition) is 0. The minimum absolute atomic E-state index is 0.0516. The third-order valence-electron chi connectivity index (χ3n) is 2.42. The standard InChI is InChI=1S/C9H19NO2S/c1-3-5-8-10(4-2)13(11,12)9-6-7-9/h9H,3-8H2,1-2H3. The molecule has 4 heteroatoms. The fraction of sp³-hybridized carbons (Fsp3) is 1.00. The highest BCUT2D eigenvalue weighted by atomic mass is 32.2. The fourth-order valence-corrected chi connectivity index (χ4v) is 3.27. The van der Waals surface area contributed by atoms with E-state index < -0.39 is 10.0 Å². The zero-order valence-corrected chi connectivity index (χ0v) is 9.31. The summed E-state index contributed by atoms with van der Waals surface area (Å²) in [5, 5.41) is -0.0516. The summed E-state index contributed by atoms with van der Waals surface area (Å²) in [4.78, 5) is 0. The van der Waals surface area contributed by atoms with E-state index in [9.17, 15) is 8.42 Å². The van der Waals surface area contributed by atoms with Crippen LogP contribution in [-0.4, -0.2) is 31.1 Å². The molecular weight excluding hydrogens is 186 g/mol. The van der Waals surface area contributed by atoms with Gasteiger partial charge in [-0.2, -0.15) is 0 Å². The molecule has 1 rings (SSSR count). The van der Waals surface area contributed by atoms with Crippen molar-refractivity contribution in [3.05, 3.63) is 0 Å². The Labute approximate surface area is 81.2 Å². The minimum atomic E-state index is -2.92. The van der Waals surface area contributed by atoms with E-state index in [1.165, 1.54) is 0 Å². The van der Waals surface area contributed by atoms with Crippen LogP contribution in [0.2, 0.25) is 0 Å². The van der Waals surface area contributed by atoms with Gasteiger partial charge in [-0.3, -0.25) is 0 Å². The predicted octanol–water partition coefficient (Wildman–Crippen LogP) is 1.60. The second-order valence-electron chi connectivity index (χ2n) is 3.59. The van der Waals surface area contributed by atoms with Crippen LogP contribution in [0.25, 0.3) is 0 Å². The molecule has 0 aromatic carbocycles. The molecule has 0 bridgehead atoms. The van der Waals surface area contributed by atoms with Gasteiger partial charge in [-0.05, 0) is 19.3 Å². The van der Waals surface area contributed by atoms with Crippen molar-refractivity contribution in [1.29, 1.82) is 0 Å². The second kappa shape index (κ2) is 4.42. The number of rotatable bonds is 6. The van der Waals surface area contributed by atoms with E-state index in [4.69, 9.17) is 0 Å². The molecule has 0 aromatic rings. The van der Waals surface area contributed by atoms with Gasteiger partial charge >= 0.3 is 0 Å². The summed E-state index contributed by atoms with van der Waals surface area (Å²) < 4.78 is 25.1. The van der Waals surface area contributed by atoms with Crippen molar-refractivity contribution >= 4 is 10.0 Å². The quantitative estimate of drug-likeness (QED) is 0.660. The van der Waals surface area contributed by atoms with Gasteiger partial charge in [-0.1, -0.05) is 20.3 Å². The zero-order chi connectivity index (χ0) is 9.90. The maximum Gasteiger partial charge on any atom is 0.216 e. The summed E-state index contributed by atoms with van der Waals surface area (Å²) in [6, 6.07) is 0. The van der Waals surface area contributed by atoms with Crippen molar-refractivity contribution in [2.45, 2.75) is 44.8 Å². The molecule has 0 heterocycles. The van der Waals surface area contributed by atoms with Crippen molar-refractivity contribution in [3.8, 4) is 0 Å². The van der Waals surface area contributed by atoms with E-state index in [0.717, 1.165) is 25.7 Å². The van der Waals surface area contributed by atoms with Gasteiger partial charge in [0.2, 0.25) is 10.0 Å². The molecule has 13 heavy (non-hydrogen) atoms. The molecular formula is C9H19NO2S. The fourth-order valence-electron chi connectivity index (χ4n) is 1.38. The van der Waals surface area contributed by atoms with Crippen LogP contribution in [0.5, 0.6) is 0 Å². The van der Waals surface area contributed by atoms with Crippen molar-refractivity contribution < 1.29 is 8.42 Å². The van der Waals surface area contributed by atoms with Crippen molar-refractivity contribution in [2.24, 2.45) is 0 Å². The highest BCUT2D eigenvalue weighted by Gasteiger charge is 2.38. The van der Waals surface area contributed by atoms with E-state index in [1.54, 1.807) is 4.31 Å². The molecule has 1 aliphatic carbocycles. The summed E-state index contributed by atoms with van der Waals surface area (Å²) in [6.07, 6.45) is 3.76. The first kappa shape index (κ1) is 11.0. The van der Waals surface area contributed by atoms with E-state index >= 15 is 0 Å². The predicted molar refractivity (Wildman–Crippen MR) is 54.1 cm³/mol. The van der Waals surface area contributed by atoms with Crippen LogP contribution in [0.3, 0.4) is 0 Å². The van der Waals surface area contributed by atoms with Crippen molar-refractivity contribution in [1.82, 2.24) is 4.31 Å². The molecule has 0 atom stereocenters. The van der Waals surface area contributed by atoms with Crippen molar-refractivity contribution in [2.75, 3.05) is 13.1 Å². The van der Waals surface area contributed by atoms with Gasteiger partial charge in [0.05, 0.1) is 5.25 Å². The summed E-state index contributed by atoms with van der Waals surface area (Å²) >= 11 is 0. The van der Waals surface area contributed by atoms with Crippen LogP contribution < -0.4 is 0 Å². The maximum atomic E-state index is 11.8. The molecule has 1 aliphatic rings. The van der Waals surface area contributed by atoms with E-state index in [-0.39, 0.29) is 5.25 Å². The molecule has 0 radical (unpaired) electrons. The molecule has 0 N–H and O–H groups in total. The molecule has 78 valence electrons. The highest BCUT2D eigenvalue weighted by molar-refractivity contribution is 7.90. The molecule has 0 aromatic heterocycles. The maximum absolute atomic E-state index is 11.8. The minimum Gasteiger partial charge on any atom is -0.212 e. The van der Waals surface area contributed by atoms with Gasteiger partial charge in [-0.15, -0.1) is 0 Å². The summed E-state index contributed by atoms with van der Waals surface area (Å²) in [5.74, 6) is 0. The largest absolute Gasteiger partial charge is 0.216 e. The van der Waals surface area contributed by atoms with E-state index in [0.29, 0.717) is 13.1 Å². The highest BCUT2D eigenvalue weighted by Crippen LogP contribution is 2.30. The van der Waals surface area contributed by atoms with Crippen LogP contribution in [0.15, 0.2) is 0 Å². The first-order chi connectivity index (χ1) is 6.12. The number of sulfonamides is 1. The molecule has 0 amide bonds. The average Bonchev–Trinajstić information content (AvgIpc) is 2.87. The Morgan fingerprint density at radius 3 is 2.31 bits per heavy atom. The normalized spacial score (nSPS) is 18.1. The summed E-state index contributed by atoms with van der Waals surface area (Å²) in [7, 11) is -2.92. The molecule has 1 saturated carbocycles. The van der Waals surface area contributed by atoms with Crippen molar-refractivity contribution in [3.63, 3.8) is 0 Å². The van der Waals surface area contributed by atoms with Crippen LogP contribution >= 0.6 is 0 Å². The van der Waals surface area contributed by atoms with Gasteiger partial charge in [-0.25, -0.2) is 12.7 Å². The van der Waals surface area contributed by atoms with E-state index in [1.807, 2.05) is 6.92 Å². The van der Waals surface area contributed by atoms with Crippen LogP contribution in [0, 0.1) is 0 Å². The second-order valence-corrected chi connectivity index (χ2v) is 5.80. The molecule has 0 saturated heterocycles.